The zero-order valence-electron chi connectivity index (χ0n) is 21.5. The van der Waals surface area contributed by atoms with E-state index < -0.39 is 5.92 Å². The van der Waals surface area contributed by atoms with Crippen molar-refractivity contribution in [1.82, 2.24) is 9.80 Å². The number of methoxy groups -OCH3 is 4. The zero-order valence-corrected chi connectivity index (χ0v) is 21.5. The monoisotopic (exact) mass is 484 g/mol. The quantitative estimate of drug-likeness (QED) is 0.479. The number of ether oxygens (including phenoxy) is 4. The highest BCUT2D eigenvalue weighted by atomic mass is 16.5. The Morgan fingerprint density at radius 1 is 0.971 bits per heavy atom. The van der Waals surface area contributed by atoms with Crippen molar-refractivity contribution < 1.29 is 28.5 Å². The van der Waals surface area contributed by atoms with Crippen molar-refractivity contribution in [3.05, 3.63) is 47.5 Å². The molecule has 8 nitrogen and oxygen atoms in total. The van der Waals surface area contributed by atoms with Gasteiger partial charge >= 0.3 is 0 Å². The second kappa shape index (κ2) is 11.8. The molecule has 1 aliphatic rings. The van der Waals surface area contributed by atoms with Crippen LogP contribution < -0.4 is 18.9 Å². The first kappa shape index (κ1) is 26.2. The summed E-state index contributed by atoms with van der Waals surface area (Å²) in [5.74, 6) is 1.72. The summed E-state index contributed by atoms with van der Waals surface area (Å²) < 4.78 is 21.7. The van der Waals surface area contributed by atoms with Crippen LogP contribution in [0.5, 0.6) is 23.0 Å². The van der Waals surface area contributed by atoms with Gasteiger partial charge in [0, 0.05) is 32.1 Å². The molecule has 0 aromatic heterocycles. The number of unbranched alkanes of at least 4 members (excludes halogenated alkanes) is 1. The van der Waals surface area contributed by atoms with E-state index in [-0.39, 0.29) is 24.3 Å². The summed E-state index contributed by atoms with van der Waals surface area (Å²) in [5, 5.41) is 0. The van der Waals surface area contributed by atoms with Crippen LogP contribution >= 0.6 is 0 Å². The predicted molar refractivity (Wildman–Crippen MR) is 133 cm³/mol. The van der Waals surface area contributed by atoms with Gasteiger partial charge in [-0.05, 0) is 36.2 Å². The normalized spacial score (nSPS) is 17.3. The van der Waals surface area contributed by atoms with Gasteiger partial charge in [-0.25, -0.2) is 0 Å². The minimum Gasteiger partial charge on any atom is -0.497 e. The van der Waals surface area contributed by atoms with Crippen LogP contribution in [0.1, 0.15) is 43.4 Å². The van der Waals surface area contributed by atoms with Crippen LogP contribution in [0.3, 0.4) is 0 Å². The van der Waals surface area contributed by atoms with Gasteiger partial charge in [0.2, 0.25) is 17.6 Å². The summed E-state index contributed by atoms with van der Waals surface area (Å²) in [7, 11) is 8.04. The summed E-state index contributed by atoms with van der Waals surface area (Å²) in [6, 6.07) is 11.0. The minimum absolute atomic E-state index is 0.00900. The van der Waals surface area contributed by atoms with E-state index in [1.807, 2.05) is 35.2 Å². The van der Waals surface area contributed by atoms with Crippen LogP contribution in [0.4, 0.5) is 0 Å². The number of benzene rings is 2. The Balaban J connectivity index is 1.90. The number of hydrogen-bond acceptors (Lipinski definition) is 6. The van der Waals surface area contributed by atoms with E-state index in [1.54, 1.807) is 46.5 Å². The Labute approximate surface area is 207 Å². The van der Waals surface area contributed by atoms with Crippen molar-refractivity contribution >= 4 is 11.8 Å². The van der Waals surface area contributed by atoms with Gasteiger partial charge in [0.15, 0.2) is 11.5 Å². The largest absolute Gasteiger partial charge is 0.497 e. The van der Waals surface area contributed by atoms with Crippen molar-refractivity contribution in [1.29, 1.82) is 0 Å². The van der Waals surface area contributed by atoms with Gasteiger partial charge in [-0.1, -0.05) is 25.5 Å². The van der Waals surface area contributed by atoms with E-state index >= 15 is 0 Å². The third-order valence-electron chi connectivity index (χ3n) is 6.53. The zero-order chi connectivity index (χ0) is 25.5. The molecule has 0 radical (unpaired) electrons. The Morgan fingerprint density at radius 3 is 2.23 bits per heavy atom. The fraction of sp³-hybridized carbons (Fsp3) is 0.481. The van der Waals surface area contributed by atoms with Crippen LogP contribution in [0, 0.1) is 5.92 Å². The lowest BCUT2D eigenvalue weighted by molar-refractivity contribution is -0.135. The molecular weight excluding hydrogens is 448 g/mol. The highest BCUT2D eigenvalue weighted by Gasteiger charge is 2.45. The predicted octanol–water partition coefficient (Wildman–Crippen LogP) is 4.07. The van der Waals surface area contributed by atoms with Gasteiger partial charge in [-0.15, -0.1) is 0 Å². The molecule has 0 saturated carbocycles. The fourth-order valence-electron chi connectivity index (χ4n) is 4.72. The first-order chi connectivity index (χ1) is 16.9. The summed E-state index contributed by atoms with van der Waals surface area (Å²) in [6.07, 6.45) is 2.04. The molecule has 2 aromatic rings. The lowest BCUT2D eigenvalue weighted by Gasteiger charge is -2.30. The third kappa shape index (κ3) is 5.47. The third-order valence-corrected chi connectivity index (χ3v) is 6.53. The van der Waals surface area contributed by atoms with Crippen LogP contribution in [-0.4, -0.2) is 63.6 Å². The van der Waals surface area contributed by atoms with Gasteiger partial charge in [0.1, 0.15) is 5.75 Å². The molecule has 0 spiro atoms. The van der Waals surface area contributed by atoms with Crippen LogP contribution in [0.25, 0.3) is 0 Å². The first-order valence-corrected chi connectivity index (χ1v) is 11.9. The fourth-order valence-corrected chi connectivity index (χ4v) is 4.72. The molecule has 2 aromatic carbocycles. The molecular formula is C27H36N2O6. The Bertz CT molecular complexity index is 1020. The van der Waals surface area contributed by atoms with E-state index in [9.17, 15) is 9.59 Å². The lowest BCUT2D eigenvalue weighted by Crippen LogP contribution is -2.37. The molecule has 2 unspecified atom stereocenters. The maximum absolute atomic E-state index is 13.7. The topological polar surface area (TPSA) is 77.5 Å². The highest BCUT2D eigenvalue weighted by molar-refractivity contribution is 5.90. The molecule has 0 bridgehead atoms. The second-order valence-corrected chi connectivity index (χ2v) is 8.66. The maximum atomic E-state index is 13.7. The van der Waals surface area contributed by atoms with Gasteiger partial charge in [0.25, 0.3) is 0 Å². The molecule has 3 rings (SSSR count). The van der Waals surface area contributed by atoms with Crippen molar-refractivity contribution in [3.8, 4) is 23.0 Å². The number of carbonyl (C=O) groups is 2. The van der Waals surface area contributed by atoms with Crippen molar-refractivity contribution in [2.24, 2.45) is 5.92 Å². The molecule has 35 heavy (non-hydrogen) atoms. The molecule has 1 heterocycles. The number of amides is 2. The number of rotatable bonds is 11. The van der Waals surface area contributed by atoms with E-state index in [0.717, 1.165) is 29.7 Å². The Kier molecular flexibility index (Phi) is 8.84. The lowest BCUT2D eigenvalue weighted by atomic mass is 9.92. The Morgan fingerprint density at radius 2 is 1.66 bits per heavy atom. The second-order valence-electron chi connectivity index (χ2n) is 8.66. The molecule has 8 heteroatoms. The molecule has 0 aliphatic carbocycles. The van der Waals surface area contributed by atoms with Crippen molar-refractivity contribution in [2.45, 2.75) is 38.8 Å². The van der Waals surface area contributed by atoms with Crippen molar-refractivity contribution in [2.75, 3.05) is 42.0 Å². The number of carbonyl (C=O) groups excluding carboxylic acids is 2. The average molecular weight is 485 g/mol. The standard InChI is InChI=1S/C27H36N2O6/c1-7-8-15-29-23(30)16-21(24(29)18-9-12-20(32-3)13-10-18)27(31)28(2)17-19-11-14-22(33-4)26(35-6)25(19)34-5/h9-14,21,24H,7-8,15-17H2,1-6H3. The average Bonchev–Trinajstić information content (AvgIpc) is 3.21. The van der Waals surface area contributed by atoms with Crippen LogP contribution in [0.2, 0.25) is 0 Å². The van der Waals surface area contributed by atoms with Gasteiger partial charge in [0.05, 0.1) is 40.4 Å². The summed E-state index contributed by atoms with van der Waals surface area (Å²) in [5.41, 5.74) is 1.72. The number of nitrogens with zero attached hydrogens (tertiary/aromatic N) is 2. The number of hydrogen-bond donors (Lipinski definition) is 0. The van der Waals surface area contributed by atoms with Crippen LogP contribution in [0.15, 0.2) is 36.4 Å². The smallest absolute Gasteiger partial charge is 0.228 e. The SMILES string of the molecule is CCCCN1C(=O)CC(C(=O)N(C)Cc2ccc(OC)c(OC)c2OC)C1c1ccc(OC)cc1. The molecule has 1 aliphatic heterocycles. The Hall–Kier alpha value is -3.42. The molecule has 1 fully saturated rings. The molecule has 1 saturated heterocycles. The minimum atomic E-state index is -0.483. The molecule has 0 N–H and O–H groups in total. The number of likely N-dealkylation sites (tertiary alicyclic amines) is 1. The van der Waals surface area contributed by atoms with Gasteiger partial charge in [-0.2, -0.15) is 0 Å². The van der Waals surface area contributed by atoms with Crippen molar-refractivity contribution in [3.63, 3.8) is 0 Å². The van der Waals surface area contributed by atoms with Crippen LogP contribution in [-0.2, 0) is 16.1 Å². The van der Waals surface area contributed by atoms with Gasteiger partial charge < -0.3 is 28.7 Å². The highest BCUT2D eigenvalue weighted by Crippen LogP contribution is 2.42. The van der Waals surface area contributed by atoms with Gasteiger partial charge in [-0.3, -0.25) is 9.59 Å². The van der Waals surface area contributed by atoms with E-state index in [2.05, 4.69) is 6.92 Å². The van der Waals surface area contributed by atoms with E-state index in [4.69, 9.17) is 18.9 Å². The van der Waals surface area contributed by atoms with E-state index in [0.29, 0.717) is 30.3 Å². The van der Waals surface area contributed by atoms with E-state index in [1.165, 1.54) is 0 Å². The summed E-state index contributed by atoms with van der Waals surface area (Å²) >= 11 is 0. The molecule has 190 valence electrons. The first-order valence-electron chi connectivity index (χ1n) is 11.9. The molecule has 2 amide bonds. The maximum Gasteiger partial charge on any atom is 0.228 e. The summed E-state index contributed by atoms with van der Waals surface area (Å²) in [6.45, 7) is 3.02. The molecule has 2 atom stereocenters. The summed E-state index contributed by atoms with van der Waals surface area (Å²) in [4.78, 5) is 30.3.